The number of morpholine rings is 2. The maximum absolute atomic E-state index is 14.6. The van der Waals surface area contributed by atoms with E-state index >= 15 is 0 Å². The third-order valence-corrected chi connectivity index (χ3v) is 6.56. The van der Waals surface area contributed by atoms with Gasteiger partial charge in [-0.05, 0) is 18.5 Å². The summed E-state index contributed by atoms with van der Waals surface area (Å²) in [5.74, 6) is -0.610. The zero-order valence-electron chi connectivity index (χ0n) is 18.4. The molecule has 3 aliphatic rings. The lowest BCUT2D eigenvalue weighted by atomic mass is 10.0. The van der Waals surface area contributed by atoms with Gasteiger partial charge in [0.05, 0.1) is 42.6 Å². The highest BCUT2D eigenvalue weighted by molar-refractivity contribution is 6.28. The van der Waals surface area contributed by atoms with Crippen LogP contribution in [0.15, 0.2) is 18.2 Å². The van der Waals surface area contributed by atoms with Crippen LogP contribution < -0.4 is 10.6 Å². The zero-order chi connectivity index (χ0) is 24.0. The van der Waals surface area contributed by atoms with E-state index in [-0.39, 0.29) is 42.2 Å². The zero-order valence-corrected chi connectivity index (χ0v) is 19.2. The Morgan fingerprint density at radius 2 is 1.88 bits per heavy atom. The molecule has 3 aliphatic heterocycles. The number of amides is 2. The molecule has 0 saturated carbocycles. The minimum Gasteiger partial charge on any atom is -0.369 e. The fraction of sp³-hybridized carbons (Fsp3) is 0.500. The van der Waals surface area contributed by atoms with Gasteiger partial charge in [-0.2, -0.15) is 0 Å². The average molecular weight is 497 g/mol. The van der Waals surface area contributed by atoms with Gasteiger partial charge < -0.3 is 25.2 Å². The SMILES string of the molecule is C[C@@H](Nc1nc(Cl)nc2c1CN(C(=O)N1CC3CNCC(C1)O3)C2)c1cccc(C(F)F)c1F. The number of aromatic nitrogens is 2. The minimum atomic E-state index is -2.92. The van der Waals surface area contributed by atoms with E-state index in [9.17, 15) is 18.0 Å². The predicted molar refractivity (Wildman–Crippen MR) is 118 cm³/mol. The molecule has 182 valence electrons. The van der Waals surface area contributed by atoms with Crippen molar-refractivity contribution in [2.45, 2.75) is 44.7 Å². The van der Waals surface area contributed by atoms with Crippen LogP contribution in [0.25, 0.3) is 0 Å². The Bertz CT molecular complexity index is 1090. The molecule has 1 aromatic carbocycles. The number of fused-ring (bicyclic) bond motifs is 3. The summed E-state index contributed by atoms with van der Waals surface area (Å²) in [5.41, 5.74) is 0.699. The van der Waals surface area contributed by atoms with Crippen LogP contribution in [-0.2, 0) is 17.8 Å². The summed E-state index contributed by atoms with van der Waals surface area (Å²) in [6.45, 7) is 4.58. The van der Waals surface area contributed by atoms with E-state index in [2.05, 4.69) is 20.6 Å². The molecule has 2 unspecified atom stereocenters. The molecule has 0 spiro atoms. The van der Waals surface area contributed by atoms with E-state index in [0.29, 0.717) is 43.3 Å². The van der Waals surface area contributed by atoms with E-state index in [1.54, 1.807) is 16.7 Å². The summed E-state index contributed by atoms with van der Waals surface area (Å²) in [7, 11) is 0. The molecule has 2 N–H and O–H groups in total. The molecule has 8 nitrogen and oxygen atoms in total. The van der Waals surface area contributed by atoms with Gasteiger partial charge in [-0.1, -0.05) is 18.2 Å². The van der Waals surface area contributed by atoms with Crippen molar-refractivity contribution >= 4 is 23.4 Å². The van der Waals surface area contributed by atoms with Crippen molar-refractivity contribution in [2.24, 2.45) is 0 Å². The second-order valence-corrected chi connectivity index (χ2v) is 9.10. The molecule has 12 heteroatoms. The molecule has 2 fully saturated rings. The molecule has 34 heavy (non-hydrogen) atoms. The summed E-state index contributed by atoms with van der Waals surface area (Å²) in [5, 5.41) is 6.36. The summed E-state index contributed by atoms with van der Waals surface area (Å²) >= 11 is 6.12. The minimum absolute atomic E-state index is 0.0171. The third kappa shape index (κ3) is 4.39. The van der Waals surface area contributed by atoms with Gasteiger partial charge in [0.1, 0.15) is 11.6 Å². The van der Waals surface area contributed by atoms with Gasteiger partial charge >= 0.3 is 6.03 Å². The normalized spacial score (nSPS) is 22.6. The molecule has 3 atom stereocenters. The van der Waals surface area contributed by atoms with Crippen LogP contribution in [0, 0.1) is 5.82 Å². The monoisotopic (exact) mass is 496 g/mol. The predicted octanol–water partition coefficient (Wildman–Crippen LogP) is 3.49. The van der Waals surface area contributed by atoms with Gasteiger partial charge in [0.25, 0.3) is 6.43 Å². The van der Waals surface area contributed by atoms with Crippen LogP contribution in [-0.4, -0.2) is 64.2 Å². The van der Waals surface area contributed by atoms with Crippen LogP contribution in [0.3, 0.4) is 0 Å². The number of rotatable bonds is 4. The second kappa shape index (κ2) is 9.20. The molecule has 5 rings (SSSR count). The molecule has 2 bridgehead atoms. The van der Waals surface area contributed by atoms with Crippen molar-refractivity contribution in [3.05, 3.63) is 51.7 Å². The molecule has 4 heterocycles. The van der Waals surface area contributed by atoms with Gasteiger partial charge in [-0.15, -0.1) is 0 Å². The molecule has 2 saturated heterocycles. The molecule has 2 amide bonds. The number of hydrogen-bond donors (Lipinski definition) is 2. The second-order valence-electron chi connectivity index (χ2n) is 8.77. The topological polar surface area (TPSA) is 82.6 Å². The van der Waals surface area contributed by atoms with Crippen LogP contribution in [0.4, 0.5) is 23.8 Å². The van der Waals surface area contributed by atoms with Crippen LogP contribution >= 0.6 is 11.6 Å². The van der Waals surface area contributed by atoms with E-state index in [4.69, 9.17) is 16.3 Å². The maximum atomic E-state index is 14.6. The van der Waals surface area contributed by atoms with Gasteiger partial charge in [-0.25, -0.2) is 27.9 Å². The third-order valence-electron chi connectivity index (χ3n) is 6.39. The van der Waals surface area contributed by atoms with Crippen molar-refractivity contribution in [1.29, 1.82) is 0 Å². The lowest BCUT2D eigenvalue weighted by molar-refractivity contribution is -0.0935. The van der Waals surface area contributed by atoms with Gasteiger partial charge in [-0.3, -0.25) is 0 Å². The first-order valence-corrected chi connectivity index (χ1v) is 11.5. The summed E-state index contributed by atoms with van der Waals surface area (Å²) in [6, 6.07) is 3.11. The number of nitrogens with one attached hydrogen (secondary N) is 2. The smallest absolute Gasteiger partial charge is 0.320 e. The van der Waals surface area contributed by atoms with Crippen molar-refractivity contribution in [2.75, 3.05) is 31.5 Å². The quantitative estimate of drug-likeness (QED) is 0.631. The van der Waals surface area contributed by atoms with Crippen molar-refractivity contribution in [3.8, 4) is 0 Å². The van der Waals surface area contributed by atoms with Crippen molar-refractivity contribution in [3.63, 3.8) is 0 Å². The molecule has 2 aromatic rings. The highest BCUT2D eigenvalue weighted by Crippen LogP contribution is 2.33. The Morgan fingerprint density at radius 1 is 1.18 bits per heavy atom. The van der Waals surface area contributed by atoms with Gasteiger partial charge in [0, 0.05) is 37.3 Å². The Morgan fingerprint density at radius 3 is 2.59 bits per heavy atom. The molecular formula is C22H24ClF3N6O2. The average Bonchev–Trinajstić information content (AvgIpc) is 3.22. The van der Waals surface area contributed by atoms with E-state index in [1.807, 2.05) is 0 Å². The molecule has 0 aliphatic carbocycles. The Labute approximate surface area is 199 Å². The number of anilines is 1. The van der Waals surface area contributed by atoms with E-state index in [0.717, 1.165) is 6.07 Å². The highest BCUT2D eigenvalue weighted by atomic mass is 35.5. The fourth-order valence-corrected chi connectivity index (χ4v) is 4.93. The standard InChI is InChI=1S/C22H24ClF3N6O2/c1-11(14-3-2-4-15(18(14)24)19(25)26)28-20-16-9-32(10-17(16)29-21(23)30-20)22(33)31-7-12-5-27-6-13(8-31)34-12/h2-4,11-13,19,27H,5-10H2,1H3,(H,28,29,30)/t11-,12?,13?/m1/s1. The molecule has 0 radical (unpaired) electrons. The van der Waals surface area contributed by atoms with Crippen molar-refractivity contribution in [1.82, 2.24) is 25.1 Å². The van der Waals surface area contributed by atoms with Gasteiger partial charge in [0.15, 0.2) is 0 Å². The Hall–Kier alpha value is -2.63. The van der Waals surface area contributed by atoms with Crippen LogP contribution in [0.5, 0.6) is 0 Å². The lowest BCUT2D eigenvalue weighted by Gasteiger charge is -2.42. The number of hydrogen-bond acceptors (Lipinski definition) is 6. The maximum Gasteiger partial charge on any atom is 0.320 e. The number of carbonyl (C=O) groups excluding carboxylic acids is 1. The highest BCUT2D eigenvalue weighted by Gasteiger charge is 2.37. The Balaban J connectivity index is 1.34. The summed E-state index contributed by atoms with van der Waals surface area (Å²) < 4.78 is 46.8. The number of halogens is 4. The van der Waals surface area contributed by atoms with Crippen molar-refractivity contribution < 1.29 is 22.7 Å². The fourth-order valence-electron chi connectivity index (χ4n) is 4.74. The van der Waals surface area contributed by atoms with Gasteiger partial charge in [0.2, 0.25) is 5.28 Å². The summed E-state index contributed by atoms with van der Waals surface area (Å²) in [4.78, 5) is 25.2. The Kier molecular flexibility index (Phi) is 6.26. The number of carbonyl (C=O) groups is 1. The molecular weight excluding hydrogens is 473 g/mol. The number of benzene rings is 1. The van der Waals surface area contributed by atoms with Crippen LogP contribution in [0.1, 0.15) is 41.8 Å². The number of urea groups is 1. The summed E-state index contributed by atoms with van der Waals surface area (Å²) in [6.07, 6.45) is -2.99. The lowest BCUT2D eigenvalue weighted by Crippen LogP contribution is -2.60. The largest absolute Gasteiger partial charge is 0.369 e. The number of alkyl halides is 2. The van der Waals surface area contributed by atoms with E-state index in [1.165, 1.54) is 12.1 Å². The first kappa shape index (κ1) is 23.1. The van der Waals surface area contributed by atoms with E-state index < -0.39 is 23.8 Å². The molecule has 1 aromatic heterocycles. The number of nitrogens with zero attached hydrogens (tertiary/aromatic N) is 4. The first-order valence-electron chi connectivity index (χ1n) is 11.1. The number of ether oxygens (including phenoxy) is 1. The first-order chi connectivity index (χ1) is 16.3. The van der Waals surface area contributed by atoms with Crippen LogP contribution in [0.2, 0.25) is 5.28 Å².